The summed E-state index contributed by atoms with van der Waals surface area (Å²) >= 11 is 13.0. The van der Waals surface area contributed by atoms with E-state index in [0.29, 0.717) is 21.3 Å². The van der Waals surface area contributed by atoms with Crippen molar-refractivity contribution >= 4 is 50.7 Å². The lowest BCUT2D eigenvalue weighted by atomic mass is 10.0. The first-order valence-corrected chi connectivity index (χ1v) is 16.3. The largest absolute Gasteiger partial charge is 0.350 e. The van der Waals surface area contributed by atoms with Crippen LogP contribution in [0.1, 0.15) is 57.2 Å². The standard InChI is InChI=1S/C32H39Cl2N3O4S/c1-22(2)24-15-17-25(18-16-24)37(42(6,40)41)21-30(38)36(20-26-27(33)13-10-14-28(26)34)29(31(39)35-32(3,4)5)19-23-11-8-7-9-12-23/h7-18,22,29H,19-21H2,1-6H3,(H,35,39). The third-order valence-electron chi connectivity index (χ3n) is 6.69. The first-order valence-electron chi connectivity index (χ1n) is 13.7. The molecule has 1 atom stereocenters. The molecule has 0 aliphatic rings. The van der Waals surface area contributed by atoms with Gasteiger partial charge < -0.3 is 10.2 Å². The van der Waals surface area contributed by atoms with Gasteiger partial charge in [-0.05, 0) is 62.1 Å². The third kappa shape index (κ3) is 9.21. The molecule has 1 unspecified atom stereocenters. The molecular weight excluding hydrogens is 593 g/mol. The summed E-state index contributed by atoms with van der Waals surface area (Å²) in [6.45, 7) is 9.03. The second-order valence-corrected chi connectivity index (χ2v) is 14.4. The Hall–Kier alpha value is -3.07. The summed E-state index contributed by atoms with van der Waals surface area (Å²) in [6, 6.07) is 20.4. The van der Waals surface area contributed by atoms with Gasteiger partial charge in [-0.3, -0.25) is 13.9 Å². The average molecular weight is 633 g/mol. The SMILES string of the molecule is CC(C)c1ccc(N(CC(=O)N(Cc2c(Cl)cccc2Cl)C(Cc2ccccc2)C(=O)NC(C)(C)C)S(C)(=O)=O)cc1. The number of nitrogens with one attached hydrogen (secondary N) is 1. The van der Waals surface area contributed by atoms with E-state index in [1.165, 1.54) is 4.90 Å². The van der Waals surface area contributed by atoms with Crippen LogP contribution in [-0.2, 0) is 32.6 Å². The minimum Gasteiger partial charge on any atom is -0.350 e. The van der Waals surface area contributed by atoms with E-state index in [-0.39, 0.29) is 24.8 Å². The smallest absolute Gasteiger partial charge is 0.244 e. The molecule has 2 amide bonds. The highest BCUT2D eigenvalue weighted by Crippen LogP contribution is 2.28. The van der Waals surface area contributed by atoms with Crippen LogP contribution in [0.25, 0.3) is 0 Å². The summed E-state index contributed by atoms with van der Waals surface area (Å²) in [5, 5.41) is 3.66. The predicted molar refractivity (Wildman–Crippen MR) is 172 cm³/mol. The van der Waals surface area contributed by atoms with Crippen molar-refractivity contribution in [1.82, 2.24) is 10.2 Å². The zero-order chi connectivity index (χ0) is 31.2. The fourth-order valence-corrected chi connectivity index (χ4v) is 5.87. The summed E-state index contributed by atoms with van der Waals surface area (Å²) < 4.78 is 27.0. The van der Waals surface area contributed by atoms with Gasteiger partial charge in [0, 0.05) is 34.1 Å². The lowest BCUT2D eigenvalue weighted by Gasteiger charge is -2.35. The number of halogens is 2. The first kappa shape index (κ1) is 33.4. The molecule has 0 bridgehead atoms. The van der Waals surface area contributed by atoms with Gasteiger partial charge >= 0.3 is 0 Å². The van der Waals surface area contributed by atoms with Crippen molar-refractivity contribution in [3.63, 3.8) is 0 Å². The van der Waals surface area contributed by atoms with Gasteiger partial charge in [-0.2, -0.15) is 0 Å². The topological polar surface area (TPSA) is 86.8 Å². The molecule has 0 radical (unpaired) electrons. The van der Waals surface area contributed by atoms with E-state index >= 15 is 0 Å². The molecule has 0 saturated heterocycles. The van der Waals surface area contributed by atoms with Gasteiger partial charge in [0.2, 0.25) is 21.8 Å². The van der Waals surface area contributed by atoms with Gasteiger partial charge in [0.1, 0.15) is 12.6 Å². The maximum Gasteiger partial charge on any atom is 0.244 e. The summed E-state index contributed by atoms with van der Waals surface area (Å²) in [5.41, 5.74) is 2.10. The molecule has 0 spiro atoms. The molecule has 0 saturated carbocycles. The minimum absolute atomic E-state index is 0.101. The summed E-state index contributed by atoms with van der Waals surface area (Å²) in [5.74, 6) is -0.701. The minimum atomic E-state index is -3.87. The van der Waals surface area contributed by atoms with Crippen LogP contribution < -0.4 is 9.62 Å². The fourth-order valence-electron chi connectivity index (χ4n) is 4.50. The molecule has 3 aromatic rings. The molecule has 0 heterocycles. The third-order valence-corrected chi connectivity index (χ3v) is 8.54. The van der Waals surface area contributed by atoms with Crippen molar-refractivity contribution in [2.45, 2.75) is 65.1 Å². The normalized spacial score (nSPS) is 12.6. The molecule has 3 rings (SSSR count). The zero-order valence-electron chi connectivity index (χ0n) is 24.9. The number of benzene rings is 3. The number of nitrogens with zero attached hydrogens (tertiary/aromatic N) is 2. The average Bonchev–Trinajstić information content (AvgIpc) is 2.89. The van der Waals surface area contributed by atoms with E-state index < -0.39 is 34.1 Å². The number of carbonyl (C=O) groups excluding carboxylic acids is 2. The van der Waals surface area contributed by atoms with Crippen LogP contribution in [0.2, 0.25) is 10.0 Å². The van der Waals surface area contributed by atoms with Crippen LogP contribution in [0.5, 0.6) is 0 Å². The lowest BCUT2D eigenvalue weighted by molar-refractivity contribution is -0.140. The Morgan fingerprint density at radius 3 is 1.95 bits per heavy atom. The van der Waals surface area contributed by atoms with Crippen LogP contribution in [-0.4, -0.2) is 49.5 Å². The maximum atomic E-state index is 14.2. The Morgan fingerprint density at radius 2 is 1.45 bits per heavy atom. The van der Waals surface area contributed by atoms with Gasteiger partial charge in [0.05, 0.1) is 11.9 Å². The highest BCUT2D eigenvalue weighted by molar-refractivity contribution is 7.92. The van der Waals surface area contributed by atoms with Crippen molar-refractivity contribution in [3.05, 3.63) is 99.5 Å². The van der Waals surface area contributed by atoms with Gasteiger partial charge in [0.25, 0.3) is 0 Å². The molecule has 1 N–H and O–H groups in total. The molecule has 7 nitrogen and oxygen atoms in total. The number of hydrogen-bond acceptors (Lipinski definition) is 4. The van der Waals surface area contributed by atoms with Gasteiger partial charge in [-0.1, -0.05) is 85.6 Å². The molecule has 226 valence electrons. The highest BCUT2D eigenvalue weighted by Gasteiger charge is 2.35. The quantitative estimate of drug-likeness (QED) is 0.264. The Bertz CT molecular complexity index is 1470. The molecule has 42 heavy (non-hydrogen) atoms. The summed E-state index contributed by atoms with van der Waals surface area (Å²) in [7, 11) is -3.87. The van der Waals surface area contributed by atoms with Crippen LogP contribution in [0.4, 0.5) is 5.69 Å². The summed E-state index contributed by atoms with van der Waals surface area (Å²) in [6.07, 6.45) is 1.25. The fraction of sp³-hybridized carbons (Fsp3) is 0.375. The number of amides is 2. The van der Waals surface area contributed by atoms with E-state index in [0.717, 1.165) is 21.7 Å². The van der Waals surface area contributed by atoms with Crippen molar-refractivity contribution in [1.29, 1.82) is 0 Å². The lowest BCUT2D eigenvalue weighted by Crippen LogP contribution is -2.56. The van der Waals surface area contributed by atoms with E-state index in [9.17, 15) is 18.0 Å². The van der Waals surface area contributed by atoms with Gasteiger partial charge in [0.15, 0.2) is 0 Å². The highest BCUT2D eigenvalue weighted by atomic mass is 35.5. The maximum absolute atomic E-state index is 14.2. The van der Waals surface area contributed by atoms with Crippen LogP contribution >= 0.6 is 23.2 Å². The molecule has 0 aliphatic carbocycles. The van der Waals surface area contributed by atoms with E-state index in [1.54, 1.807) is 30.3 Å². The number of carbonyl (C=O) groups is 2. The Morgan fingerprint density at radius 1 is 0.881 bits per heavy atom. The van der Waals surface area contributed by atoms with Gasteiger partial charge in [-0.15, -0.1) is 0 Å². The van der Waals surface area contributed by atoms with Gasteiger partial charge in [-0.25, -0.2) is 8.42 Å². The van der Waals surface area contributed by atoms with E-state index in [1.807, 2.05) is 77.1 Å². The van der Waals surface area contributed by atoms with Crippen molar-refractivity contribution < 1.29 is 18.0 Å². The second-order valence-electron chi connectivity index (χ2n) is 11.7. The Kier molecular flexibility index (Phi) is 11.1. The zero-order valence-corrected chi connectivity index (χ0v) is 27.2. The number of hydrogen-bond donors (Lipinski definition) is 1. The van der Waals surface area contributed by atoms with Crippen LogP contribution in [0.3, 0.4) is 0 Å². The number of anilines is 1. The van der Waals surface area contributed by atoms with Crippen molar-refractivity contribution in [2.75, 3.05) is 17.1 Å². The van der Waals surface area contributed by atoms with Crippen LogP contribution in [0.15, 0.2) is 72.8 Å². The van der Waals surface area contributed by atoms with E-state index in [2.05, 4.69) is 5.32 Å². The summed E-state index contributed by atoms with van der Waals surface area (Å²) in [4.78, 5) is 29.4. The molecule has 10 heteroatoms. The monoisotopic (exact) mass is 631 g/mol. The van der Waals surface area contributed by atoms with Crippen molar-refractivity contribution in [3.8, 4) is 0 Å². The predicted octanol–water partition coefficient (Wildman–Crippen LogP) is 6.44. The Balaban J connectivity index is 2.11. The number of rotatable bonds is 11. The Labute approximate surface area is 259 Å². The molecule has 0 fully saturated rings. The number of sulfonamides is 1. The first-order chi connectivity index (χ1) is 19.6. The molecule has 3 aromatic carbocycles. The van der Waals surface area contributed by atoms with E-state index in [4.69, 9.17) is 23.2 Å². The second kappa shape index (κ2) is 13.9. The molecular formula is C32H39Cl2N3O4S. The van der Waals surface area contributed by atoms with Crippen molar-refractivity contribution in [2.24, 2.45) is 0 Å². The molecule has 0 aliphatic heterocycles. The molecule has 0 aromatic heterocycles. The van der Waals surface area contributed by atoms with Crippen LogP contribution in [0, 0.1) is 0 Å².